The zero-order valence-corrected chi connectivity index (χ0v) is 13.1. The molecule has 0 bridgehead atoms. The van der Waals surface area contributed by atoms with Crippen molar-refractivity contribution in [3.8, 4) is 5.75 Å². The minimum atomic E-state index is 0.379. The standard InChI is InChI=1S/C19H24N2O/c1-22-18-12-6-5-10-16(18)14-21-17-11-7-13-20-19(17)15-8-3-2-4-9-15/h2-6,8-10,12,17,19-21H,7,11,13-14H2,1H3/t17-,19+/m1/s1. The van der Waals surface area contributed by atoms with Crippen molar-refractivity contribution in [3.05, 3.63) is 65.7 Å². The molecule has 2 N–H and O–H groups in total. The highest BCUT2D eigenvalue weighted by Gasteiger charge is 2.25. The third-order valence-corrected chi connectivity index (χ3v) is 4.36. The molecule has 0 aromatic heterocycles. The van der Waals surface area contributed by atoms with Gasteiger partial charge >= 0.3 is 0 Å². The number of ether oxygens (including phenoxy) is 1. The number of hydrogen-bond acceptors (Lipinski definition) is 3. The van der Waals surface area contributed by atoms with E-state index in [4.69, 9.17) is 4.74 Å². The molecule has 22 heavy (non-hydrogen) atoms. The van der Waals surface area contributed by atoms with Crippen LogP contribution in [-0.4, -0.2) is 19.7 Å². The second kappa shape index (κ2) is 7.43. The van der Waals surface area contributed by atoms with Gasteiger partial charge in [-0.05, 0) is 31.0 Å². The Morgan fingerprint density at radius 3 is 2.68 bits per heavy atom. The average molecular weight is 296 g/mol. The van der Waals surface area contributed by atoms with E-state index in [1.807, 2.05) is 12.1 Å². The molecule has 3 heteroatoms. The summed E-state index contributed by atoms with van der Waals surface area (Å²) in [5, 5.41) is 7.38. The second-order valence-corrected chi connectivity index (χ2v) is 5.78. The number of nitrogens with one attached hydrogen (secondary N) is 2. The van der Waals surface area contributed by atoms with Gasteiger partial charge in [-0.1, -0.05) is 48.5 Å². The van der Waals surface area contributed by atoms with Crippen LogP contribution >= 0.6 is 0 Å². The van der Waals surface area contributed by atoms with Crippen LogP contribution in [0.25, 0.3) is 0 Å². The third-order valence-electron chi connectivity index (χ3n) is 4.36. The molecule has 3 rings (SSSR count). The fraction of sp³-hybridized carbons (Fsp3) is 0.368. The molecular formula is C19H24N2O. The van der Waals surface area contributed by atoms with E-state index in [0.717, 1.165) is 18.8 Å². The maximum atomic E-state index is 5.44. The second-order valence-electron chi connectivity index (χ2n) is 5.78. The van der Waals surface area contributed by atoms with Gasteiger partial charge in [-0.25, -0.2) is 0 Å². The Bertz CT molecular complexity index is 585. The molecule has 0 radical (unpaired) electrons. The largest absolute Gasteiger partial charge is 0.496 e. The fourth-order valence-electron chi connectivity index (χ4n) is 3.21. The monoisotopic (exact) mass is 296 g/mol. The molecule has 1 aliphatic heterocycles. The van der Waals surface area contributed by atoms with Crippen molar-refractivity contribution >= 4 is 0 Å². The highest BCUT2D eigenvalue weighted by molar-refractivity contribution is 5.33. The van der Waals surface area contributed by atoms with Crippen LogP contribution in [0.5, 0.6) is 5.75 Å². The zero-order valence-electron chi connectivity index (χ0n) is 13.1. The van der Waals surface area contributed by atoms with Gasteiger partial charge in [-0.2, -0.15) is 0 Å². The maximum Gasteiger partial charge on any atom is 0.123 e. The van der Waals surface area contributed by atoms with E-state index in [2.05, 4.69) is 53.1 Å². The summed E-state index contributed by atoms with van der Waals surface area (Å²) in [6.07, 6.45) is 2.41. The fourth-order valence-corrected chi connectivity index (χ4v) is 3.21. The highest BCUT2D eigenvalue weighted by atomic mass is 16.5. The first-order valence-corrected chi connectivity index (χ1v) is 8.02. The summed E-state index contributed by atoms with van der Waals surface area (Å²) in [7, 11) is 1.73. The lowest BCUT2D eigenvalue weighted by Gasteiger charge is -2.34. The van der Waals surface area contributed by atoms with Crippen LogP contribution in [-0.2, 0) is 6.54 Å². The SMILES string of the molecule is COc1ccccc1CN[C@@H]1CCCN[C@H]1c1ccccc1. The van der Waals surface area contributed by atoms with Crippen LogP contribution in [0, 0.1) is 0 Å². The topological polar surface area (TPSA) is 33.3 Å². The van der Waals surface area contributed by atoms with Crippen LogP contribution in [0.4, 0.5) is 0 Å². The van der Waals surface area contributed by atoms with E-state index < -0.39 is 0 Å². The van der Waals surface area contributed by atoms with Crippen LogP contribution < -0.4 is 15.4 Å². The molecule has 2 aromatic rings. The van der Waals surface area contributed by atoms with Gasteiger partial charge in [0.1, 0.15) is 5.75 Å². The summed E-state index contributed by atoms with van der Waals surface area (Å²) >= 11 is 0. The zero-order chi connectivity index (χ0) is 15.2. The Hall–Kier alpha value is -1.84. The van der Waals surface area contributed by atoms with Gasteiger partial charge in [-0.15, -0.1) is 0 Å². The Labute approximate surface area is 132 Å². The van der Waals surface area contributed by atoms with Gasteiger partial charge < -0.3 is 15.4 Å². The quantitative estimate of drug-likeness (QED) is 0.888. The molecular weight excluding hydrogens is 272 g/mol. The third kappa shape index (κ3) is 3.49. The number of piperidine rings is 1. The molecule has 1 fully saturated rings. The first kappa shape index (κ1) is 15.1. The Balaban J connectivity index is 1.69. The number of rotatable bonds is 5. The van der Waals surface area contributed by atoms with Gasteiger partial charge in [0.2, 0.25) is 0 Å². The summed E-state index contributed by atoms with van der Waals surface area (Å²) in [5.74, 6) is 0.954. The van der Waals surface area contributed by atoms with E-state index in [1.165, 1.54) is 24.0 Å². The summed E-state index contributed by atoms with van der Waals surface area (Å²) in [4.78, 5) is 0. The maximum absolute atomic E-state index is 5.44. The Kier molecular flexibility index (Phi) is 5.09. The van der Waals surface area contributed by atoms with E-state index in [1.54, 1.807) is 7.11 Å². The van der Waals surface area contributed by atoms with E-state index >= 15 is 0 Å². The van der Waals surface area contributed by atoms with Crippen molar-refractivity contribution in [1.82, 2.24) is 10.6 Å². The first-order chi connectivity index (χ1) is 10.9. The van der Waals surface area contributed by atoms with Crippen molar-refractivity contribution in [3.63, 3.8) is 0 Å². The van der Waals surface area contributed by atoms with Crippen molar-refractivity contribution in [2.75, 3.05) is 13.7 Å². The summed E-state index contributed by atoms with van der Waals surface area (Å²) < 4.78 is 5.44. The van der Waals surface area contributed by atoms with Gasteiger partial charge in [0, 0.05) is 24.2 Å². The molecule has 0 aliphatic carbocycles. The molecule has 0 amide bonds. The Morgan fingerprint density at radius 2 is 1.86 bits per heavy atom. The van der Waals surface area contributed by atoms with Gasteiger partial charge in [-0.3, -0.25) is 0 Å². The summed E-state index contributed by atoms with van der Waals surface area (Å²) in [6.45, 7) is 1.92. The van der Waals surface area contributed by atoms with Gasteiger partial charge in [0.05, 0.1) is 7.11 Å². The molecule has 2 atom stereocenters. The van der Waals surface area contributed by atoms with Crippen molar-refractivity contribution in [2.24, 2.45) is 0 Å². The molecule has 1 aliphatic rings. The van der Waals surface area contributed by atoms with Gasteiger partial charge in [0.15, 0.2) is 0 Å². The van der Waals surface area contributed by atoms with E-state index in [-0.39, 0.29) is 0 Å². The molecule has 0 saturated carbocycles. The smallest absolute Gasteiger partial charge is 0.123 e. The average Bonchev–Trinajstić information content (AvgIpc) is 2.61. The minimum Gasteiger partial charge on any atom is -0.496 e. The van der Waals surface area contributed by atoms with Crippen LogP contribution in [0.15, 0.2) is 54.6 Å². The lowest BCUT2D eigenvalue weighted by molar-refractivity contribution is 0.303. The molecule has 0 unspecified atom stereocenters. The molecule has 0 spiro atoms. The first-order valence-electron chi connectivity index (χ1n) is 8.02. The number of para-hydroxylation sites is 1. The molecule has 2 aromatic carbocycles. The highest BCUT2D eigenvalue weighted by Crippen LogP contribution is 2.25. The van der Waals surface area contributed by atoms with Crippen LogP contribution in [0.2, 0.25) is 0 Å². The predicted octanol–water partition coefficient (Wildman–Crippen LogP) is 3.28. The number of methoxy groups -OCH3 is 1. The lowest BCUT2D eigenvalue weighted by atomic mass is 9.92. The van der Waals surface area contributed by atoms with Gasteiger partial charge in [0.25, 0.3) is 0 Å². The normalized spacial score (nSPS) is 21.5. The van der Waals surface area contributed by atoms with E-state index in [0.29, 0.717) is 12.1 Å². The van der Waals surface area contributed by atoms with Crippen molar-refractivity contribution in [1.29, 1.82) is 0 Å². The van der Waals surface area contributed by atoms with Crippen LogP contribution in [0.1, 0.15) is 30.0 Å². The number of benzene rings is 2. The minimum absolute atomic E-state index is 0.379. The van der Waals surface area contributed by atoms with E-state index in [9.17, 15) is 0 Å². The number of hydrogen-bond donors (Lipinski definition) is 2. The summed E-state index contributed by atoms with van der Waals surface area (Å²) in [5.41, 5.74) is 2.57. The lowest BCUT2D eigenvalue weighted by Crippen LogP contribution is -2.45. The summed E-state index contributed by atoms with van der Waals surface area (Å²) in [6, 6.07) is 19.8. The van der Waals surface area contributed by atoms with Crippen LogP contribution in [0.3, 0.4) is 0 Å². The molecule has 1 saturated heterocycles. The van der Waals surface area contributed by atoms with Crippen molar-refractivity contribution in [2.45, 2.75) is 31.5 Å². The molecule has 3 nitrogen and oxygen atoms in total. The molecule has 116 valence electrons. The molecule has 1 heterocycles. The van der Waals surface area contributed by atoms with Crippen molar-refractivity contribution < 1.29 is 4.74 Å². The Morgan fingerprint density at radius 1 is 1.09 bits per heavy atom. The predicted molar refractivity (Wildman–Crippen MR) is 90.0 cm³/mol.